The summed E-state index contributed by atoms with van der Waals surface area (Å²) in [5.41, 5.74) is 2.13. The smallest absolute Gasteiger partial charge is 0.129 e. The molecular weight excluding hydrogens is 222 g/mol. The Labute approximate surface area is 111 Å². The molecule has 0 spiro atoms. The van der Waals surface area contributed by atoms with Gasteiger partial charge in [-0.3, -0.25) is 4.99 Å². The highest BCUT2D eigenvalue weighted by Crippen LogP contribution is 2.05. The van der Waals surface area contributed by atoms with E-state index in [4.69, 9.17) is 4.74 Å². The van der Waals surface area contributed by atoms with Crippen molar-refractivity contribution < 1.29 is 4.74 Å². The molecule has 0 N–H and O–H groups in total. The molecular formula is C16H25NO. The Hall–Kier alpha value is -1.57. The third-order valence-electron chi connectivity index (χ3n) is 2.31. The molecule has 18 heavy (non-hydrogen) atoms. The second kappa shape index (κ2) is 10.6. The third kappa shape index (κ3) is 8.57. The largest absolute Gasteiger partial charge is 0.492 e. The summed E-state index contributed by atoms with van der Waals surface area (Å²) in [7, 11) is 0. The Morgan fingerprint density at radius 3 is 2.56 bits per heavy atom. The topological polar surface area (TPSA) is 21.6 Å². The average molecular weight is 247 g/mol. The van der Waals surface area contributed by atoms with Gasteiger partial charge in [-0.05, 0) is 33.3 Å². The molecule has 0 radical (unpaired) electrons. The van der Waals surface area contributed by atoms with Gasteiger partial charge in [0.15, 0.2) is 0 Å². The molecule has 0 aliphatic rings. The predicted molar refractivity (Wildman–Crippen MR) is 80.8 cm³/mol. The van der Waals surface area contributed by atoms with E-state index in [0.717, 1.165) is 30.0 Å². The van der Waals surface area contributed by atoms with E-state index >= 15 is 0 Å². The van der Waals surface area contributed by atoms with Crippen LogP contribution in [0.15, 0.2) is 53.4 Å². The van der Waals surface area contributed by atoms with Gasteiger partial charge in [0.1, 0.15) is 6.61 Å². The van der Waals surface area contributed by atoms with Crippen molar-refractivity contribution in [2.24, 2.45) is 4.99 Å². The van der Waals surface area contributed by atoms with Gasteiger partial charge in [0, 0.05) is 5.71 Å². The molecule has 0 fully saturated rings. The first-order chi connectivity index (χ1) is 8.63. The molecule has 0 bridgehead atoms. The standard InChI is InChI=1S/C16H25NO/c1-6-9-10-12-15(5)18-13-16(8-3)17-14(4)11-7-2/h6,8-10,12H,1,7,11,13H2,2-5H3/b10-9-,15-12+,16-8-,17-14?. The number of aliphatic imine (C=N–C) groups is 1. The molecule has 0 rings (SSSR count). The van der Waals surface area contributed by atoms with Crippen molar-refractivity contribution in [2.75, 3.05) is 6.61 Å². The monoisotopic (exact) mass is 247 g/mol. The number of ether oxygens (including phenoxy) is 1. The van der Waals surface area contributed by atoms with E-state index in [1.807, 2.05) is 38.2 Å². The van der Waals surface area contributed by atoms with Crippen molar-refractivity contribution >= 4 is 5.71 Å². The zero-order valence-electron chi connectivity index (χ0n) is 12.1. The van der Waals surface area contributed by atoms with Gasteiger partial charge < -0.3 is 4.74 Å². The fourth-order valence-electron chi connectivity index (χ4n) is 1.35. The molecule has 0 saturated heterocycles. The maximum atomic E-state index is 5.62. The number of nitrogens with zero attached hydrogens (tertiary/aromatic N) is 1. The van der Waals surface area contributed by atoms with Gasteiger partial charge in [0.25, 0.3) is 0 Å². The van der Waals surface area contributed by atoms with Crippen molar-refractivity contribution in [1.29, 1.82) is 0 Å². The molecule has 0 aromatic rings. The molecule has 0 unspecified atom stereocenters. The number of allylic oxidation sites excluding steroid dienone is 6. The van der Waals surface area contributed by atoms with Gasteiger partial charge in [-0.2, -0.15) is 0 Å². The SMILES string of the molecule is C=C/C=C\C=C(/C)OC/C(=C/C)N=C(C)CCC. The molecule has 0 aromatic carbocycles. The lowest BCUT2D eigenvalue weighted by molar-refractivity contribution is 0.240. The molecule has 0 aliphatic heterocycles. The van der Waals surface area contributed by atoms with E-state index < -0.39 is 0 Å². The van der Waals surface area contributed by atoms with Gasteiger partial charge in [-0.15, -0.1) is 0 Å². The average Bonchev–Trinajstić information content (AvgIpc) is 2.35. The highest BCUT2D eigenvalue weighted by molar-refractivity contribution is 5.82. The van der Waals surface area contributed by atoms with Crippen molar-refractivity contribution in [1.82, 2.24) is 0 Å². The first-order valence-electron chi connectivity index (χ1n) is 6.42. The van der Waals surface area contributed by atoms with Crippen LogP contribution in [-0.2, 0) is 4.74 Å². The van der Waals surface area contributed by atoms with Crippen LogP contribution < -0.4 is 0 Å². The summed E-state index contributed by atoms with van der Waals surface area (Å²) in [6.07, 6.45) is 11.6. The van der Waals surface area contributed by atoms with Crippen LogP contribution in [0, 0.1) is 0 Å². The van der Waals surface area contributed by atoms with Crippen LogP contribution in [-0.4, -0.2) is 12.3 Å². The van der Waals surface area contributed by atoms with E-state index in [9.17, 15) is 0 Å². The number of hydrogen-bond donors (Lipinski definition) is 0. The molecule has 0 aromatic heterocycles. The lowest BCUT2D eigenvalue weighted by atomic mass is 10.2. The minimum atomic E-state index is 0.516. The Balaban J connectivity index is 4.33. The Bertz CT molecular complexity index is 359. The number of hydrogen-bond acceptors (Lipinski definition) is 2. The van der Waals surface area contributed by atoms with E-state index in [2.05, 4.69) is 25.4 Å². The van der Waals surface area contributed by atoms with Crippen molar-refractivity contribution in [3.63, 3.8) is 0 Å². The normalized spacial score (nSPS) is 14.1. The van der Waals surface area contributed by atoms with Crippen molar-refractivity contribution in [3.8, 4) is 0 Å². The minimum absolute atomic E-state index is 0.516. The molecule has 2 nitrogen and oxygen atoms in total. The summed E-state index contributed by atoms with van der Waals surface area (Å²) < 4.78 is 5.62. The Morgan fingerprint density at radius 2 is 2.00 bits per heavy atom. The molecule has 0 heterocycles. The first-order valence-corrected chi connectivity index (χ1v) is 6.42. The summed E-state index contributed by atoms with van der Waals surface area (Å²) in [5.74, 6) is 0.871. The van der Waals surface area contributed by atoms with E-state index in [-0.39, 0.29) is 0 Å². The predicted octanol–water partition coefficient (Wildman–Crippen LogP) is 4.81. The minimum Gasteiger partial charge on any atom is -0.492 e. The zero-order chi connectivity index (χ0) is 13.8. The van der Waals surface area contributed by atoms with Crippen LogP contribution in [0.3, 0.4) is 0 Å². The zero-order valence-corrected chi connectivity index (χ0v) is 12.1. The second-order valence-electron chi connectivity index (χ2n) is 4.06. The summed E-state index contributed by atoms with van der Waals surface area (Å²) in [5, 5.41) is 0. The third-order valence-corrected chi connectivity index (χ3v) is 2.31. The van der Waals surface area contributed by atoms with Gasteiger partial charge in [-0.1, -0.05) is 44.2 Å². The van der Waals surface area contributed by atoms with Gasteiger partial charge in [0.05, 0.1) is 11.5 Å². The van der Waals surface area contributed by atoms with Crippen LogP contribution in [0.25, 0.3) is 0 Å². The fourth-order valence-corrected chi connectivity index (χ4v) is 1.35. The van der Waals surface area contributed by atoms with Gasteiger partial charge in [0.2, 0.25) is 0 Å². The van der Waals surface area contributed by atoms with Crippen molar-refractivity contribution in [3.05, 3.63) is 48.4 Å². The fraction of sp³-hybridized carbons (Fsp3) is 0.438. The lowest BCUT2D eigenvalue weighted by Crippen LogP contribution is -1.98. The molecule has 0 atom stereocenters. The van der Waals surface area contributed by atoms with Gasteiger partial charge in [-0.25, -0.2) is 0 Å². The molecule has 100 valence electrons. The second-order valence-corrected chi connectivity index (χ2v) is 4.06. The van der Waals surface area contributed by atoms with E-state index in [0.29, 0.717) is 6.61 Å². The highest BCUT2D eigenvalue weighted by atomic mass is 16.5. The van der Waals surface area contributed by atoms with Crippen LogP contribution in [0.2, 0.25) is 0 Å². The quantitative estimate of drug-likeness (QED) is 0.342. The van der Waals surface area contributed by atoms with E-state index in [1.54, 1.807) is 6.08 Å². The molecule has 0 amide bonds. The maximum Gasteiger partial charge on any atom is 0.129 e. The lowest BCUT2D eigenvalue weighted by Gasteiger charge is -2.07. The highest BCUT2D eigenvalue weighted by Gasteiger charge is 1.97. The first kappa shape index (κ1) is 16.4. The number of rotatable bonds is 8. The molecule has 2 heteroatoms. The summed E-state index contributed by atoms with van der Waals surface area (Å²) >= 11 is 0. The molecule has 0 aliphatic carbocycles. The summed E-state index contributed by atoms with van der Waals surface area (Å²) in [6, 6.07) is 0. The van der Waals surface area contributed by atoms with Crippen LogP contribution in [0.4, 0.5) is 0 Å². The summed E-state index contributed by atoms with van der Waals surface area (Å²) in [6.45, 7) is 12.3. The van der Waals surface area contributed by atoms with Crippen LogP contribution in [0.1, 0.15) is 40.5 Å². The maximum absolute atomic E-state index is 5.62. The van der Waals surface area contributed by atoms with Crippen LogP contribution >= 0.6 is 0 Å². The van der Waals surface area contributed by atoms with E-state index in [1.165, 1.54) is 0 Å². The summed E-state index contributed by atoms with van der Waals surface area (Å²) in [4.78, 5) is 4.54. The Kier molecular flexibility index (Phi) is 9.65. The van der Waals surface area contributed by atoms with Crippen molar-refractivity contribution in [2.45, 2.75) is 40.5 Å². The Morgan fingerprint density at radius 1 is 1.28 bits per heavy atom. The molecule has 0 saturated carbocycles. The van der Waals surface area contributed by atoms with Crippen LogP contribution in [0.5, 0.6) is 0 Å². The van der Waals surface area contributed by atoms with Gasteiger partial charge >= 0.3 is 0 Å².